The van der Waals surface area contributed by atoms with Crippen LogP contribution < -0.4 is 20.3 Å². The molecule has 0 spiro atoms. The Bertz CT molecular complexity index is 1020. The van der Waals surface area contributed by atoms with E-state index in [0.29, 0.717) is 17.0 Å². The van der Waals surface area contributed by atoms with Crippen molar-refractivity contribution in [3.05, 3.63) is 64.4 Å². The quantitative estimate of drug-likeness (QED) is 0.726. The lowest BCUT2D eigenvalue weighted by Gasteiger charge is -2.15. The molecule has 2 aromatic carbocycles. The van der Waals surface area contributed by atoms with Crippen LogP contribution in [0.1, 0.15) is 12.0 Å². The average molecular weight is 366 g/mol. The van der Waals surface area contributed by atoms with Gasteiger partial charge in [0.15, 0.2) is 0 Å². The lowest BCUT2D eigenvalue weighted by molar-refractivity contribution is -0.116. The number of methoxy groups -OCH3 is 2. The van der Waals surface area contributed by atoms with Gasteiger partial charge >= 0.3 is 0 Å². The minimum atomic E-state index is -0.171. The molecule has 0 aliphatic carbocycles. The van der Waals surface area contributed by atoms with E-state index >= 15 is 0 Å². The SMILES string of the molecule is COc1ccc(NC(=O)CCn2c(=O)cc(C)c3cccc(OC)c32)cc1. The van der Waals surface area contributed by atoms with Crippen LogP contribution in [0.3, 0.4) is 0 Å². The molecule has 0 saturated heterocycles. The number of carbonyl (C=O) groups excluding carboxylic acids is 1. The van der Waals surface area contributed by atoms with E-state index in [2.05, 4.69) is 5.32 Å². The van der Waals surface area contributed by atoms with Gasteiger partial charge in [-0.2, -0.15) is 0 Å². The third kappa shape index (κ3) is 3.95. The van der Waals surface area contributed by atoms with Gasteiger partial charge in [0.25, 0.3) is 5.56 Å². The maximum absolute atomic E-state index is 12.5. The Morgan fingerprint density at radius 3 is 2.48 bits per heavy atom. The summed E-state index contributed by atoms with van der Waals surface area (Å²) in [5, 5.41) is 3.76. The van der Waals surface area contributed by atoms with E-state index < -0.39 is 0 Å². The zero-order valence-corrected chi connectivity index (χ0v) is 15.6. The number of rotatable bonds is 6. The molecular formula is C21H22N2O4. The fourth-order valence-electron chi connectivity index (χ4n) is 3.07. The number of pyridine rings is 1. The van der Waals surface area contributed by atoms with Crippen molar-refractivity contribution in [1.29, 1.82) is 0 Å². The van der Waals surface area contributed by atoms with E-state index in [0.717, 1.165) is 16.7 Å². The van der Waals surface area contributed by atoms with E-state index in [1.165, 1.54) is 0 Å². The van der Waals surface area contributed by atoms with Crippen molar-refractivity contribution in [2.45, 2.75) is 19.9 Å². The molecule has 1 heterocycles. The van der Waals surface area contributed by atoms with Crippen molar-refractivity contribution in [1.82, 2.24) is 4.57 Å². The van der Waals surface area contributed by atoms with E-state index in [1.807, 2.05) is 25.1 Å². The summed E-state index contributed by atoms with van der Waals surface area (Å²) in [6.07, 6.45) is 0.169. The molecule has 0 atom stereocenters. The molecule has 27 heavy (non-hydrogen) atoms. The molecule has 0 bridgehead atoms. The van der Waals surface area contributed by atoms with Gasteiger partial charge in [-0.05, 0) is 42.8 Å². The molecule has 0 fully saturated rings. The van der Waals surface area contributed by atoms with Crippen LogP contribution in [0, 0.1) is 6.92 Å². The summed E-state index contributed by atoms with van der Waals surface area (Å²) in [5.41, 5.74) is 2.12. The molecule has 0 radical (unpaired) electrons. The molecule has 6 nitrogen and oxygen atoms in total. The minimum Gasteiger partial charge on any atom is -0.497 e. The van der Waals surface area contributed by atoms with Gasteiger partial charge in [-0.15, -0.1) is 0 Å². The average Bonchev–Trinajstić information content (AvgIpc) is 2.68. The number of carbonyl (C=O) groups is 1. The second kappa shape index (κ2) is 7.95. The Labute approximate surface area is 157 Å². The van der Waals surface area contributed by atoms with Gasteiger partial charge in [-0.3, -0.25) is 9.59 Å². The first-order chi connectivity index (χ1) is 13.0. The number of nitrogens with one attached hydrogen (secondary N) is 1. The summed E-state index contributed by atoms with van der Waals surface area (Å²) >= 11 is 0. The molecule has 0 aliphatic heterocycles. The number of para-hydroxylation sites is 1. The number of hydrogen-bond acceptors (Lipinski definition) is 4. The Kier molecular flexibility index (Phi) is 5.45. The van der Waals surface area contributed by atoms with E-state index in [-0.39, 0.29) is 24.4 Å². The van der Waals surface area contributed by atoms with Crippen LogP contribution >= 0.6 is 0 Å². The number of aromatic nitrogens is 1. The Hall–Kier alpha value is -3.28. The van der Waals surface area contributed by atoms with Crippen molar-refractivity contribution < 1.29 is 14.3 Å². The molecule has 6 heteroatoms. The highest BCUT2D eigenvalue weighted by atomic mass is 16.5. The number of amides is 1. The molecular weight excluding hydrogens is 344 g/mol. The molecule has 1 N–H and O–H groups in total. The number of hydrogen-bond donors (Lipinski definition) is 1. The second-order valence-electron chi connectivity index (χ2n) is 6.20. The Balaban J connectivity index is 1.82. The fourth-order valence-corrected chi connectivity index (χ4v) is 3.07. The molecule has 140 valence electrons. The number of nitrogens with zero attached hydrogens (tertiary/aromatic N) is 1. The molecule has 0 unspecified atom stereocenters. The topological polar surface area (TPSA) is 69.6 Å². The zero-order chi connectivity index (χ0) is 19.4. The molecule has 3 rings (SSSR count). The standard InChI is InChI=1S/C21H22N2O4/c1-14-13-20(25)23(21-17(14)5-4-6-18(21)27-3)12-11-19(24)22-15-7-9-16(26-2)10-8-15/h4-10,13H,11-12H2,1-3H3,(H,22,24). The smallest absolute Gasteiger partial charge is 0.251 e. The van der Waals surface area contributed by atoms with Gasteiger partial charge in [0.2, 0.25) is 5.91 Å². The maximum Gasteiger partial charge on any atom is 0.251 e. The van der Waals surface area contributed by atoms with Gasteiger partial charge in [0.05, 0.1) is 19.7 Å². The van der Waals surface area contributed by atoms with Gasteiger partial charge in [-0.25, -0.2) is 0 Å². The van der Waals surface area contributed by atoms with Crippen LogP contribution in [0.2, 0.25) is 0 Å². The van der Waals surface area contributed by atoms with Crippen molar-refractivity contribution in [2.24, 2.45) is 0 Å². The number of aryl methyl sites for hydroxylation is 2. The molecule has 1 aromatic heterocycles. The van der Waals surface area contributed by atoms with Gasteiger partial charge in [-0.1, -0.05) is 12.1 Å². The summed E-state index contributed by atoms with van der Waals surface area (Å²) < 4.78 is 12.1. The van der Waals surface area contributed by atoms with Crippen LogP contribution in [-0.4, -0.2) is 24.7 Å². The Morgan fingerprint density at radius 2 is 1.81 bits per heavy atom. The molecule has 0 aliphatic rings. The Morgan fingerprint density at radius 1 is 1.07 bits per heavy atom. The van der Waals surface area contributed by atoms with E-state index in [9.17, 15) is 9.59 Å². The maximum atomic E-state index is 12.5. The first-order valence-corrected chi connectivity index (χ1v) is 8.64. The summed E-state index contributed by atoms with van der Waals surface area (Å²) in [7, 11) is 3.16. The minimum absolute atomic E-state index is 0.151. The largest absolute Gasteiger partial charge is 0.497 e. The summed E-state index contributed by atoms with van der Waals surface area (Å²) in [4.78, 5) is 24.8. The van der Waals surface area contributed by atoms with Crippen molar-refractivity contribution >= 4 is 22.5 Å². The van der Waals surface area contributed by atoms with E-state index in [4.69, 9.17) is 9.47 Å². The summed E-state index contributed by atoms with van der Waals surface area (Å²) in [5.74, 6) is 1.16. The van der Waals surface area contributed by atoms with Gasteiger partial charge in [0.1, 0.15) is 11.5 Å². The van der Waals surface area contributed by atoms with Gasteiger partial charge < -0.3 is 19.4 Å². The first kappa shape index (κ1) is 18.5. The lowest BCUT2D eigenvalue weighted by atomic mass is 10.1. The van der Waals surface area contributed by atoms with Crippen LogP contribution in [0.15, 0.2) is 53.3 Å². The number of anilines is 1. The van der Waals surface area contributed by atoms with Crippen LogP contribution in [0.25, 0.3) is 10.9 Å². The van der Waals surface area contributed by atoms with Crippen molar-refractivity contribution in [3.8, 4) is 11.5 Å². The third-order valence-electron chi connectivity index (χ3n) is 4.46. The summed E-state index contributed by atoms with van der Waals surface area (Å²) in [6.45, 7) is 2.15. The highest BCUT2D eigenvalue weighted by molar-refractivity contribution is 5.91. The summed E-state index contributed by atoms with van der Waals surface area (Å²) in [6, 6.07) is 14.3. The molecule has 3 aromatic rings. The fraction of sp³-hybridized carbons (Fsp3) is 0.238. The number of ether oxygens (including phenoxy) is 2. The van der Waals surface area contributed by atoms with Crippen LogP contribution in [-0.2, 0) is 11.3 Å². The van der Waals surface area contributed by atoms with Crippen LogP contribution in [0.5, 0.6) is 11.5 Å². The predicted octanol–water partition coefficient (Wildman–Crippen LogP) is 3.36. The number of fused-ring (bicyclic) bond motifs is 1. The van der Waals surface area contributed by atoms with Gasteiger partial charge in [0, 0.05) is 30.1 Å². The van der Waals surface area contributed by atoms with Crippen LogP contribution in [0.4, 0.5) is 5.69 Å². The second-order valence-corrected chi connectivity index (χ2v) is 6.20. The lowest BCUT2D eigenvalue weighted by Crippen LogP contribution is -2.24. The monoisotopic (exact) mass is 366 g/mol. The first-order valence-electron chi connectivity index (χ1n) is 8.64. The van der Waals surface area contributed by atoms with E-state index in [1.54, 1.807) is 49.1 Å². The predicted molar refractivity (Wildman–Crippen MR) is 106 cm³/mol. The third-order valence-corrected chi connectivity index (χ3v) is 4.46. The molecule has 0 saturated carbocycles. The normalized spacial score (nSPS) is 10.6. The number of benzene rings is 2. The van der Waals surface area contributed by atoms with Crippen molar-refractivity contribution in [2.75, 3.05) is 19.5 Å². The van der Waals surface area contributed by atoms with Crippen molar-refractivity contribution in [3.63, 3.8) is 0 Å². The highest BCUT2D eigenvalue weighted by Gasteiger charge is 2.12. The molecule has 1 amide bonds. The highest BCUT2D eigenvalue weighted by Crippen LogP contribution is 2.26. The zero-order valence-electron chi connectivity index (χ0n) is 15.6.